The lowest BCUT2D eigenvalue weighted by Gasteiger charge is -2.34. The molecule has 174 valence electrons. The van der Waals surface area contributed by atoms with Gasteiger partial charge in [-0.2, -0.15) is 4.31 Å². The standard InChI is InChI=1S/C23H26N4O4S2/c1-18-3-8-21(9-4-18)32(28,29)25-20-7-12-23(24-17-20)26-13-15-27(16-14-26)33(30,31)22-10-5-19(2)6-11-22/h3-12,17,25H,13-16H2,1-2H3. The van der Waals surface area contributed by atoms with E-state index < -0.39 is 20.0 Å². The van der Waals surface area contributed by atoms with Crippen molar-refractivity contribution in [1.29, 1.82) is 0 Å². The molecule has 1 N–H and O–H groups in total. The minimum Gasteiger partial charge on any atom is -0.354 e. The molecule has 1 aliphatic rings. The molecular formula is C23H26N4O4S2. The van der Waals surface area contributed by atoms with Gasteiger partial charge in [-0.15, -0.1) is 0 Å². The number of nitrogens with one attached hydrogen (secondary N) is 1. The van der Waals surface area contributed by atoms with Gasteiger partial charge < -0.3 is 4.90 Å². The van der Waals surface area contributed by atoms with E-state index >= 15 is 0 Å². The first-order valence-corrected chi connectivity index (χ1v) is 13.4. The number of aryl methyl sites for hydroxylation is 2. The summed E-state index contributed by atoms with van der Waals surface area (Å²) >= 11 is 0. The maximum absolute atomic E-state index is 12.9. The Morgan fingerprint density at radius 2 is 1.27 bits per heavy atom. The van der Waals surface area contributed by atoms with Gasteiger partial charge in [0, 0.05) is 26.2 Å². The summed E-state index contributed by atoms with van der Waals surface area (Å²) < 4.78 is 54.9. The summed E-state index contributed by atoms with van der Waals surface area (Å²) in [5, 5.41) is 0. The van der Waals surface area contributed by atoms with Crippen molar-refractivity contribution in [3.05, 3.63) is 78.0 Å². The molecule has 8 nitrogen and oxygen atoms in total. The van der Waals surface area contributed by atoms with Gasteiger partial charge in [-0.1, -0.05) is 35.4 Å². The molecule has 1 aliphatic heterocycles. The highest BCUT2D eigenvalue weighted by atomic mass is 32.2. The molecule has 1 fully saturated rings. The van der Waals surface area contributed by atoms with Crippen molar-refractivity contribution in [3.63, 3.8) is 0 Å². The zero-order valence-electron chi connectivity index (χ0n) is 18.5. The molecule has 0 atom stereocenters. The quantitative estimate of drug-likeness (QED) is 0.575. The molecule has 0 aliphatic carbocycles. The second-order valence-electron chi connectivity index (χ2n) is 8.03. The number of benzene rings is 2. The second-order valence-corrected chi connectivity index (χ2v) is 11.6. The molecule has 0 unspecified atom stereocenters. The topological polar surface area (TPSA) is 99.7 Å². The van der Waals surface area contributed by atoms with E-state index in [1.54, 1.807) is 60.7 Å². The third-order valence-electron chi connectivity index (χ3n) is 5.55. The SMILES string of the molecule is Cc1ccc(S(=O)(=O)Nc2ccc(N3CCN(S(=O)(=O)c4ccc(C)cc4)CC3)nc2)cc1. The first-order valence-electron chi connectivity index (χ1n) is 10.5. The van der Waals surface area contributed by atoms with E-state index in [1.807, 2.05) is 18.7 Å². The van der Waals surface area contributed by atoms with Crippen LogP contribution in [-0.2, 0) is 20.0 Å². The predicted molar refractivity (Wildman–Crippen MR) is 128 cm³/mol. The van der Waals surface area contributed by atoms with Gasteiger partial charge in [0.25, 0.3) is 10.0 Å². The molecule has 1 aromatic heterocycles. The van der Waals surface area contributed by atoms with Gasteiger partial charge in [-0.05, 0) is 50.2 Å². The molecule has 2 aromatic carbocycles. The average molecular weight is 487 g/mol. The van der Waals surface area contributed by atoms with Gasteiger partial charge in [0.2, 0.25) is 10.0 Å². The van der Waals surface area contributed by atoms with E-state index in [1.165, 1.54) is 10.5 Å². The largest absolute Gasteiger partial charge is 0.354 e. The fraction of sp³-hybridized carbons (Fsp3) is 0.261. The average Bonchev–Trinajstić information content (AvgIpc) is 2.80. The molecule has 33 heavy (non-hydrogen) atoms. The summed E-state index contributed by atoms with van der Waals surface area (Å²) in [6.07, 6.45) is 1.47. The van der Waals surface area contributed by atoms with E-state index in [2.05, 4.69) is 9.71 Å². The lowest BCUT2D eigenvalue weighted by Crippen LogP contribution is -2.48. The van der Waals surface area contributed by atoms with E-state index in [4.69, 9.17) is 0 Å². The van der Waals surface area contributed by atoms with Crippen LogP contribution in [0.5, 0.6) is 0 Å². The van der Waals surface area contributed by atoms with Crippen LogP contribution < -0.4 is 9.62 Å². The van der Waals surface area contributed by atoms with Gasteiger partial charge in [-0.25, -0.2) is 21.8 Å². The third-order valence-corrected chi connectivity index (χ3v) is 8.86. The Balaban J connectivity index is 1.39. The zero-order chi connectivity index (χ0) is 23.6. The molecule has 4 rings (SSSR count). The highest BCUT2D eigenvalue weighted by molar-refractivity contribution is 7.92. The molecule has 0 bridgehead atoms. The fourth-order valence-corrected chi connectivity index (χ4v) is 6.05. The Bertz CT molecular complexity index is 1310. The molecule has 1 saturated heterocycles. The number of piperazine rings is 1. The molecule has 2 heterocycles. The highest BCUT2D eigenvalue weighted by Crippen LogP contribution is 2.22. The Kier molecular flexibility index (Phi) is 6.42. The van der Waals surface area contributed by atoms with Crippen molar-refractivity contribution in [2.24, 2.45) is 0 Å². The summed E-state index contributed by atoms with van der Waals surface area (Å²) in [5.74, 6) is 0.667. The second kappa shape index (κ2) is 9.12. The Morgan fingerprint density at radius 3 is 1.79 bits per heavy atom. The minimum absolute atomic E-state index is 0.183. The highest BCUT2D eigenvalue weighted by Gasteiger charge is 2.28. The van der Waals surface area contributed by atoms with Gasteiger partial charge in [0.15, 0.2) is 0 Å². The summed E-state index contributed by atoms with van der Waals surface area (Å²) in [6.45, 7) is 5.49. The number of rotatable bonds is 6. The van der Waals surface area contributed by atoms with Crippen LogP contribution in [0.4, 0.5) is 11.5 Å². The number of hydrogen-bond donors (Lipinski definition) is 1. The van der Waals surface area contributed by atoms with Crippen LogP contribution in [0, 0.1) is 13.8 Å². The first kappa shape index (κ1) is 23.2. The van der Waals surface area contributed by atoms with Crippen LogP contribution >= 0.6 is 0 Å². The van der Waals surface area contributed by atoms with Crippen LogP contribution in [0.15, 0.2) is 76.7 Å². The maximum Gasteiger partial charge on any atom is 0.261 e. The number of hydrogen-bond acceptors (Lipinski definition) is 6. The van der Waals surface area contributed by atoms with E-state index in [-0.39, 0.29) is 4.90 Å². The number of nitrogens with zero attached hydrogens (tertiary/aromatic N) is 3. The van der Waals surface area contributed by atoms with Crippen LogP contribution in [0.3, 0.4) is 0 Å². The zero-order valence-corrected chi connectivity index (χ0v) is 20.1. The van der Waals surface area contributed by atoms with Crippen LogP contribution in [0.1, 0.15) is 11.1 Å². The summed E-state index contributed by atoms with van der Waals surface area (Å²) in [4.78, 5) is 6.85. The van der Waals surface area contributed by atoms with E-state index in [9.17, 15) is 16.8 Å². The summed E-state index contributed by atoms with van der Waals surface area (Å²) in [6, 6.07) is 16.9. The van der Waals surface area contributed by atoms with Crippen LogP contribution in [0.25, 0.3) is 0 Å². The summed E-state index contributed by atoms with van der Waals surface area (Å²) in [7, 11) is -7.23. The monoisotopic (exact) mass is 486 g/mol. The Morgan fingerprint density at radius 1 is 0.727 bits per heavy atom. The molecule has 0 saturated carbocycles. The van der Waals surface area contributed by atoms with Gasteiger partial charge in [0.1, 0.15) is 5.82 Å². The van der Waals surface area contributed by atoms with Gasteiger partial charge in [-0.3, -0.25) is 4.72 Å². The van der Waals surface area contributed by atoms with Gasteiger partial charge >= 0.3 is 0 Å². The maximum atomic E-state index is 12.9. The van der Waals surface area contributed by atoms with Crippen LogP contribution in [-0.4, -0.2) is 52.3 Å². The normalized spacial score (nSPS) is 15.4. The number of anilines is 2. The lowest BCUT2D eigenvalue weighted by molar-refractivity contribution is 0.384. The van der Waals surface area contributed by atoms with Gasteiger partial charge in [0.05, 0.1) is 21.7 Å². The van der Waals surface area contributed by atoms with Crippen molar-refractivity contribution in [2.75, 3.05) is 35.8 Å². The van der Waals surface area contributed by atoms with Crippen molar-refractivity contribution >= 4 is 31.6 Å². The third kappa shape index (κ3) is 5.18. The van der Waals surface area contributed by atoms with Crippen LogP contribution in [0.2, 0.25) is 0 Å². The number of aromatic nitrogens is 1. The molecule has 10 heteroatoms. The van der Waals surface area contributed by atoms with Crippen molar-refractivity contribution in [3.8, 4) is 0 Å². The van der Waals surface area contributed by atoms with Crippen molar-refractivity contribution in [2.45, 2.75) is 23.6 Å². The predicted octanol–water partition coefficient (Wildman–Crippen LogP) is 3.01. The molecular weight excluding hydrogens is 460 g/mol. The minimum atomic E-state index is -3.70. The molecule has 0 radical (unpaired) electrons. The smallest absolute Gasteiger partial charge is 0.261 e. The van der Waals surface area contributed by atoms with E-state index in [0.717, 1.165) is 11.1 Å². The van der Waals surface area contributed by atoms with E-state index in [0.29, 0.717) is 42.6 Å². The van der Waals surface area contributed by atoms with Crippen molar-refractivity contribution < 1.29 is 16.8 Å². The molecule has 3 aromatic rings. The number of pyridine rings is 1. The lowest BCUT2D eigenvalue weighted by atomic mass is 10.2. The molecule has 0 spiro atoms. The van der Waals surface area contributed by atoms with Crippen molar-refractivity contribution in [1.82, 2.24) is 9.29 Å². The fourth-order valence-electron chi connectivity index (χ4n) is 3.58. The molecule has 0 amide bonds. The Hall–Kier alpha value is -2.95. The summed E-state index contributed by atoms with van der Waals surface area (Å²) in [5.41, 5.74) is 2.35. The number of sulfonamides is 2. The first-order chi connectivity index (χ1) is 15.6. The Labute approximate surface area is 195 Å².